The van der Waals surface area contributed by atoms with E-state index in [-0.39, 0.29) is 12.8 Å². The van der Waals surface area contributed by atoms with Crippen LogP contribution in [0.4, 0.5) is 0 Å². The average molecular weight is 272 g/mol. The zero-order chi connectivity index (χ0) is 13.9. The van der Waals surface area contributed by atoms with Crippen molar-refractivity contribution in [3.05, 3.63) is 47.7 Å². The molecule has 2 aromatic rings. The number of aromatic nitrogens is 1. The first-order valence-corrected chi connectivity index (χ1v) is 6.45. The molecule has 1 aliphatic rings. The SMILES string of the molecule is C[C@@H](N)c1ccnc(OCc2ccc3c(c2)OCO3)c1. The van der Waals surface area contributed by atoms with E-state index in [1.807, 2.05) is 37.3 Å². The Morgan fingerprint density at radius 1 is 1.25 bits per heavy atom. The van der Waals surface area contributed by atoms with Crippen LogP contribution in [0.25, 0.3) is 0 Å². The highest BCUT2D eigenvalue weighted by atomic mass is 16.7. The van der Waals surface area contributed by atoms with Gasteiger partial charge in [0.15, 0.2) is 11.5 Å². The molecule has 1 aliphatic heterocycles. The molecule has 3 rings (SSSR count). The lowest BCUT2D eigenvalue weighted by Gasteiger charge is -2.09. The monoisotopic (exact) mass is 272 g/mol. The van der Waals surface area contributed by atoms with Gasteiger partial charge in [0.25, 0.3) is 0 Å². The lowest BCUT2D eigenvalue weighted by molar-refractivity contribution is 0.174. The molecule has 0 unspecified atom stereocenters. The number of ether oxygens (including phenoxy) is 3. The Morgan fingerprint density at radius 2 is 2.10 bits per heavy atom. The summed E-state index contributed by atoms with van der Waals surface area (Å²) in [5, 5.41) is 0. The first-order valence-electron chi connectivity index (χ1n) is 6.45. The summed E-state index contributed by atoms with van der Waals surface area (Å²) in [5.41, 5.74) is 7.84. The highest BCUT2D eigenvalue weighted by Gasteiger charge is 2.13. The second kappa shape index (κ2) is 5.38. The minimum absolute atomic E-state index is 0.0362. The molecule has 0 fully saturated rings. The topological polar surface area (TPSA) is 66.6 Å². The molecule has 2 N–H and O–H groups in total. The molecule has 0 saturated carbocycles. The van der Waals surface area contributed by atoms with Gasteiger partial charge in [0.05, 0.1) is 0 Å². The van der Waals surface area contributed by atoms with Crippen LogP contribution in [0.5, 0.6) is 17.4 Å². The molecular weight excluding hydrogens is 256 g/mol. The first-order chi connectivity index (χ1) is 9.72. The smallest absolute Gasteiger partial charge is 0.231 e. The van der Waals surface area contributed by atoms with Gasteiger partial charge in [-0.2, -0.15) is 0 Å². The second-order valence-electron chi connectivity index (χ2n) is 4.69. The summed E-state index contributed by atoms with van der Waals surface area (Å²) in [5.74, 6) is 2.09. The summed E-state index contributed by atoms with van der Waals surface area (Å²) in [6.45, 7) is 2.63. The quantitative estimate of drug-likeness (QED) is 0.925. The van der Waals surface area contributed by atoms with Crippen LogP contribution in [0.3, 0.4) is 0 Å². The Morgan fingerprint density at radius 3 is 2.95 bits per heavy atom. The number of benzene rings is 1. The van der Waals surface area contributed by atoms with Gasteiger partial charge in [-0.3, -0.25) is 0 Å². The van der Waals surface area contributed by atoms with Crippen molar-refractivity contribution in [1.82, 2.24) is 4.98 Å². The van der Waals surface area contributed by atoms with E-state index in [1.165, 1.54) is 0 Å². The summed E-state index contributed by atoms with van der Waals surface area (Å²) < 4.78 is 16.3. The minimum atomic E-state index is -0.0362. The number of nitrogens with zero attached hydrogens (tertiary/aromatic N) is 1. The van der Waals surface area contributed by atoms with Gasteiger partial charge in [-0.05, 0) is 36.2 Å². The van der Waals surface area contributed by atoms with Crippen molar-refractivity contribution in [2.75, 3.05) is 6.79 Å². The van der Waals surface area contributed by atoms with E-state index in [9.17, 15) is 0 Å². The molecule has 0 amide bonds. The number of rotatable bonds is 4. The molecule has 5 heteroatoms. The van der Waals surface area contributed by atoms with Gasteiger partial charge in [-0.1, -0.05) is 6.07 Å². The largest absolute Gasteiger partial charge is 0.473 e. The average Bonchev–Trinajstić information content (AvgIpc) is 2.93. The summed E-state index contributed by atoms with van der Waals surface area (Å²) in [4.78, 5) is 4.18. The van der Waals surface area contributed by atoms with Crippen LogP contribution in [0.1, 0.15) is 24.1 Å². The van der Waals surface area contributed by atoms with Crippen LogP contribution in [-0.2, 0) is 6.61 Å². The van der Waals surface area contributed by atoms with Gasteiger partial charge in [-0.25, -0.2) is 4.98 Å². The Kier molecular flexibility index (Phi) is 3.43. The highest BCUT2D eigenvalue weighted by Crippen LogP contribution is 2.32. The van der Waals surface area contributed by atoms with Gasteiger partial charge in [-0.15, -0.1) is 0 Å². The Labute approximate surface area is 117 Å². The maximum atomic E-state index is 5.84. The number of nitrogens with two attached hydrogens (primary N) is 1. The van der Waals surface area contributed by atoms with E-state index in [2.05, 4.69) is 4.98 Å². The molecule has 104 valence electrons. The summed E-state index contributed by atoms with van der Waals surface area (Å²) in [6.07, 6.45) is 1.70. The van der Waals surface area contributed by atoms with E-state index in [0.29, 0.717) is 12.5 Å². The van der Waals surface area contributed by atoms with E-state index in [1.54, 1.807) is 6.20 Å². The molecule has 1 atom stereocenters. The predicted octanol–water partition coefficient (Wildman–Crippen LogP) is 2.41. The van der Waals surface area contributed by atoms with Crippen molar-refractivity contribution in [2.24, 2.45) is 5.73 Å². The summed E-state index contributed by atoms with van der Waals surface area (Å²) >= 11 is 0. The number of fused-ring (bicyclic) bond motifs is 1. The molecule has 2 heterocycles. The lowest BCUT2D eigenvalue weighted by atomic mass is 10.1. The molecule has 1 aromatic carbocycles. The molecule has 0 saturated heterocycles. The standard InChI is InChI=1S/C15H16N2O3/c1-10(16)12-4-5-17-15(7-12)18-8-11-2-3-13-14(6-11)20-9-19-13/h2-7,10H,8-9,16H2,1H3/t10-/m1/s1. The molecule has 0 aliphatic carbocycles. The second-order valence-corrected chi connectivity index (χ2v) is 4.69. The molecule has 0 radical (unpaired) electrons. The van der Waals surface area contributed by atoms with Crippen LogP contribution in [-0.4, -0.2) is 11.8 Å². The molecular formula is C15H16N2O3. The Balaban J connectivity index is 1.69. The number of hydrogen-bond acceptors (Lipinski definition) is 5. The van der Waals surface area contributed by atoms with Gasteiger partial charge in [0.1, 0.15) is 6.61 Å². The molecule has 0 spiro atoms. The van der Waals surface area contributed by atoms with E-state index in [4.69, 9.17) is 19.9 Å². The van der Waals surface area contributed by atoms with Gasteiger partial charge in [0, 0.05) is 18.3 Å². The third-order valence-electron chi connectivity index (χ3n) is 3.11. The molecule has 1 aromatic heterocycles. The fraction of sp³-hybridized carbons (Fsp3) is 0.267. The van der Waals surface area contributed by atoms with Crippen LogP contribution in [0.15, 0.2) is 36.5 Å². The normalized spacial score (nSPS) is 14.1. The first kappa shape index (κ1) is 12.7. The van der Waals surface area contributed by atoms with Crippen LogP contribution in [0.2, 0.25) is 0 Å². The third kappa shape index (κ3) is 2.67. The highest BCUT2D eigenvalue weighted by molar-refractivity contribution is 5.44. The van der Waals surface area contributed by atoms with E-state index < -0.39 is 0 Å². The Hall–Kier alpha value is -2.27. The number of pyridine rings is 1. The van der Waals surface area contributed by atoms with Crippen molar-refractivity contribution in [1.29, 1.82) is 0 Å². The lowest BCUT2D eigenvalue weighted by Crippen LogP contribution is -2.06. The zero-order valence-corrected chi connectivity index (χ0v) is 11.2. The van der Waals surface area contributed by atoms with Crippen LogP contribution in [0, 0.1) is 0 Å². The zero-order valence-electron chi connectivity index (χ0n) is 11.2. The maximum Gasteiger partial charge on any atom is 0.231 e. The molecule has 0 bridgehead atoms. The van der Waals surface area contributed by atoms with Crippen molar-refractivity contribution in [3.8, 4) is 17.4 Å². The molecule has 5 nitrogen and oxygen atoms in total. The van der Waals surface area contributed by atoms with Crippen molar-refractivity contribution < 1.29 is 14.2 Å². The summed E-state index contributed by atoms with van der Waals surface area (Å²) in [7, 11) is 0. The number of hydrogen-bond donors (Lipinski definition) is 1. The minimum Gasteiger partial charge on any atom is -0.473 e. The van der Waals surface area contributed by atoms with Crippen molar-refractivity contribution >= 4 is 0 Å². The van der Waals surface area contributed by atoms with Crippen LogP contribution < -0.4 is 19.9 Å². The Bertz CT molecular complexity index is 614. The maximum absolute atomic E-state index is 5.84. The summed E-state index contributed by atoms with van der Waals surface area (Å²) in [6, 6.07) is 9.45. The van der Waals surface area contributed by atoms with E-state index in [0.717, 1.165) is 22.6 Å². The fourth-order valence-electron chi connectivity index (χ4n) is 1.97. The van der Waals surface area contributed by atoms with Crippen molar-refractivity contribution in [2.45, 2.75) is 19.6 Å². The van der Waals surface area contributed by atoms with E-state index >= 15 is 0 Å². The predicted molar refractivity (Wildman–Crippen MR) is 73.7 cm³/mol. The van der Waals surface area contributed by atoms with Gasteiger partial charge in [0.2, 0.25) is 12.7 Å². The van der Waals surface area contributed by atoms with Crippen LogP contribution >= 0.6 is 0 Å². The van der Waals surface area contributed by atoms with Gasteiger partial charge < -0.3 is 19.9 Å². The fourth-order valence-corrected chi connectivity index (χ4v) is 1.97. The molecule has 20 heavy (non-hydrogen) atoms. The van der Waals surface area contributed by atoms with Gasteiger partial charge >= 0.3 is 0 Å². The van der Waals surface area contributed by atoms with Crippen molar-refractivity contribution in [3.63, 3.8) is 0 Å². The third-order valence-corrected chi connectivity index (χ3v) is 3.11.